The summed E-state index contributed by atoms with van der Waals surface area (Å²) in [5.74, 6) is -0.0985. The Balaban J connectivity index is 1.62. The Hall–Kier alpha value is -1.60. The van der Waals surface area contributed by atoms with Crippen LogP contribution in [0.3, 0.4) is 0 Å². The molecule has 1 amide bonds. The van der Waals surface area contributed by atoms with Crippen molar-refractivity contribution in [2.75, 3.05) is 31.7 Å². The molecule has 0 atom stereocenters. The van der Waals surface area contributed by atoms with Crippen molar-refractivity contribution in [3.05, 3.63) is 22.7 Å². The minimum Gasteiger partial charge on any atom is -0.423 e. The van der Waals surface area contributed by atoms with E-state index in [9.17, 15) is 4.79 Å². The average Bonchev–Trinajstić information content (AvgIpc) is 2.75. The van der Waals surface area contributed by atoms with Crippen molar-refractivity contribution in [3.63, 3.8) is 0 Å². The van der Waals surface area contributed by atoms with Gasteiger partial charge in [0.05, 0.1) is 6.04 Å². The van der Waals surface area contributed by atoms with E-state index in [1.807, 2.05) is 23.1 Å². The predicted octanol–water partition coefficient (Wildman–Crippen LogP) is 1.54. The van der Waals surface area contributed by atoms with Gasteiger partial charge in [0.2, 0.25) is 5.91 Å². The van der Waals surface area contributed by atoms with Gasteiger partial charge in [-0.15, -0.1) is 0 Å². The number of nitrogens with zero attached hydrogens (tertiary/aromatic N) is 2. The standard InChI is InChI=1S/C13H14BrN3O3/c1-19-7-12(18)15-9-5-17(6-9)13-16-10-4-8(14)2-3-11(10)20-13/h2-4,9H,5-7H2,1H3,(H,15,18). The van der Waals surface area contributed by atoms with Crippen molar-refractivity contribution >= 4 is 39.0 Å². The number of benzene rings is 1. The minimum atomic E-state index is -0.0985. The first-order valence-electron chi connectivity index (χ1n) is 6.25. The molecule has 0 bridgehead atoms. The van der Waals surface area contributed by atoms with Crippen molar-refractivity contribution in [2.24, 2.45) is 0 Å². The Bertz CT molecular complexity index is 637. The van der Waals surface area contributed by atoms with Crippen LogP contribution in [0.4, 0.5) is 6.01 Å². The number of fused-ring (bicyclic) bond motifs is 1. The van der Waals surface area contributed by atoms with Crippen LogP contribution < -0.4 is 10.2 Å². The fourth-order valence-electron chi connectivity index (χ4n) is 2.15. The number of aromatic nitrogens is 1. The number of halogens is 1. The van der Waals surface area contributed by atoms with Gasteiger partial charge in [0.25, 0.3) is 6.01 Å². The van der Waals surface area contributed by atoms with Gasteiger partial charge in [-0.25, -0.2) is 0 Å². The number of hydrogen-bond donors (Lipinski definition) is 1. The lowest BCUT2D eigenvalue weighted by molar-refractivity contribution is -0.125. The van der Waals surface area contributed by atoms with Gasteiger partial charge in [-0.05, 0) is 18.2 Å². The predicted molar refractivity (Wildman–Crippen MR) is 77.7 cm³/mol. The Kier molecular flexibility index (Phi) is 3.62. The lowest BCUT2D eigenvalue weighted by atomic mass is 10.1. The number of hydrogen-bond acceptors (Lipinski definition) is 5. The molecular weight excluding hydrogens is 326 g/mol. The van der Waals surface area contributed by atoms with E-state index in [1.54, 1.807) is 0 Å². The lowest BCUT2D eigenvalue weighted by Crippen LogP contribution is -2.60. The average molecular weight is 340 g/mol. The molecule has 1 N–H and O–H groups in total. The van der Waals surface area contributed by atoms with E-state index < -0.39 is 0 Å². The summed E-state index contributed by atoms with van der Waals surface area (Å²) in [6.45, 7) is 1.49. The molecule has 0 saturated carbocycles. The third-order valence-corrected chi connectivity index (χ3v) is 3.62. The molecule has 1 aliphatic heterocycles. The van der Waals surface area contributed by atoms with Crippen molar-refractivity contribution in [1.82, 2.24) is 10.3 Å². The molecule has 1 aliphatic rings. The highest BCUT2D eigenvalue weighted by atomic mass is 79.9. The van der Waals surface area contributed by atoms with Crippen LogP contribution in [0.1, 0.15) is 0 Å². The van der Waals surface area contributed by atoms with Crippen LogP contribution in [0.5, 0.6) is 0 Å². The van der Waals surface area contributed by atoms with Gasteiger partial charge in [0.15, 0.2) is 5.58 Å². The Labute approximate surface area is 124 Å². The molecular formula is C13H14BrN3O3. The molecule has 0 unspecified atom stereocenters. The molecule has 0 aliphatic carbocycles. The minimum absolute atomic E-state index is 0.0907. The van der Waals surface area contributed by atoms with Gasteiger partial charge in [-0.1, -0.05) is 15.9 Å². The van der Waals surface area contributed by atoms with Crippen LogP contribution in [0.25, 0.3) is 11.1 Å². The number of rotatable bonds is 4. The molecule has 2 aromatic rings. The van der Waals surface area contributed by atoms with E-state index in [0.29, 0.717) is 19.1 Å². The molecule has 3 rings (SSSR count). The molecule has 1 fully saturated rings. The second-order valence-corrected chi connectivity index (χ2v) is 5.63. The van der Waals surface area contributed by atoms with Gasteiger partial charge >= 0.3 is 0 Å². The first kappa shape index (κ1) is 13.4. The Morgan fingerprint density at radius 2 is 2.40 bits per heavy atom. The summed E-state index contributed by atoms with van der Waals surface area (Å²) in [5.41, 5.74) is 1.58. The maximum atomic E-state index is 11.4. The molecule has 1 saturated heterocycles. The fraction of sp³-hybridized carbons (Fsp3) is 0.385. The maximum absolute atomic E-state index is 11.4. The number of nitrogens with one attached hydrogen (secondary N) is 1. The zero-order valence-corrected chi connectivity index (χ0v) is 12.5. The molecule has 0 radical (unpaired) electrons. The zero-order chi connectivity index (χ0) is 14.1. The summed E-state index contributed by atoms with van der Waals surface area (Å²) < 4.78 is 11.4. The second kappa shape index (κ2) is 5.41. The molecule has 2 heterocycles. The van der Waals surface area contributed by atoms with Gasteiger partial charge < -0.3 is 19.4 Å². The van der Waals surface area contributed by atoms with Crippen molar-refractivity contribution in [3.8, 4) is 0 Å². The molecule has 6 nitrogen and oxygen atoms in total. The van der Waals surface area contributed by atoms with Crippen molar-refractivity contribution in [1.29, 1.82) is 0 Å². The number of amides is 1. The Morgan fingerprint density at radius 1 is 1.60 bits per heavy atom. The summed E-state index contributed by atoms with van der Waals surface area (Å²) in [5, 5.41) is 2.88. The topological polar surface area (TPSA) is 67.6 Å². The monoisotopic (exact) mass is 339 g/mol. The number of anilines is 1. The zero-order valence-electron chi connectivity index (χ0n) is 10.9. The lowest BCUT2D eigenvalue weighted by Gasteiger charge is -2.38. The van der Waals surface area contributed by atoms with Crippen LogP contribution in [-0.4, -0.2) is 43.7 Å². The Morgan fingerprint density at radius 3 is 3.15 bits per heavy atom. The van der Waals surface area contributed by atoms with E-state index in [1.165, 1.54) is 7.11 Å². The largest absolute Gasteiger partial charge is 0.423 e. The van der Waals surface area contributed by atoms with E-state index in [4.69, 9.17) is 9.15 Å². The van der Waals surface area contributed by atoms with Crippen LogP contribution >= 0.6 is 15.9 Å². The third-order valence-electron chi connectivity index (χ3n) is 3.13. The summed E-state index contributed by atoms with van der Waals surface area (Å²) in [4.78, 5) is 17.8. The molecule has 1 aromatic carbocycles. The van der Waals surface area contributed by atoms with Crippen molar-refractivity contribution in [2.45, 2.75) is 6.04 Å². The van der Waals surface area contributed by atoms with Gasteiger partial charge in [-0.3, -0.25) is 4.79 Å². The summed E-state index contributed by atoms with van der Waals surface area (Å²) in [6.07, 6.45) is 0. The summed E-state index contributed by atoms with van der Waals surface area (Å²) >= 11 is 3.41. The highest BCUT2D eigenvalue weighted by molar-refractivity contribution is 9.10. The highest BCUT2D eigenvalue weighted by Crippen LogP contribution is 2.27. The number of methoxy groups -OCH3 is 1. The highest BCUT2D eigenvalue weighted by Gasteiger charge is 2.31. The maximum Gasteiger partial charge on any atom is 0.298 e. The second-order valence-electron chi connectivity index (χ2n) is 4.71. The number of carbonyl (C=O) groups excluding carboxylic acids is 1. The third kappa shape index (κ3) is 2.64. The molecule has 7 heteroatoms. The molecule has 20 heavy (non-hydrogen) atoms. The van der Waals surface area contributed by atoms with Crippen LogP contribution in [0.15, 0.2) is 27.1 Å². The van der Waals surface area contributed by atoms with Crippen molar-refractivity contribution < 1.29 is 13.9 Å². The summed E-state index contributed by atoms with van der Waals surface area (Å²) in [7, 11) is 1.50. The normalized spacial score (nSPS) is 15.4. The van der Waals surface area contributed by atoms with Crippen LogP contribution in [0, 0.1) is 0 Å². The number of ether oxygens (including phenoxy) is 1. The molecule has 0 spiro atoms. The van der Waals surface area contributed by atoms with E-state index in [-0.39, 0.29) is 18.6 Å². The fourth-order valence-corrected chi connectivity index (χ4v) is 2.50. The van der Waals surface area contributed by atoms with E-state index in [2.05, 4.69) is 26.2 Å². The van der Waals surface area contributed by atoms with Crippen LogP contribution in [-0.2, 0) is 9.53 Å². The first-order chi connectivity index (χ1) is 9.65. The van der Waals surface area contributed by atoms with Gasteiger partial charge in [0.1, 0.15) is 12.1 Å². The van der Waals surface area contributed by atoms with E-state index >= 15 is 0 Å². The van der Waals surface area contributed by atoms with Gasteiger partial charge in [0, 0.05) is 24.7 Å². The first-order valence-corrected chi connectivity index (χ1v) is 7.04. The number of carbonyl (C=O) groups is 1. The van der Waals surface area contributed by atoms with Gasteiger partial charge in [-0.2, -0.15) is 4.98 Å². The smallest absolute Gasteiger partial charge is 0.298 e. The summed E-state index contributed by atoms with van der Waals surface area (Å²) in [6, 6.07) is 6.43. The van der Waals surface area contributed by atoms with Crippen LogP contribution in [0.2, 0.25) is 0 Å². The van der Waals surface area contributed by atoms with E-state index in [0.717, 1.165) is 15.6 Å². The molecule has 106 valence electrons. The SMILES string of the molecule is COCC(=O)NC1CN(c2nc3cc(Br)ccc3o2)C1. The quantitative estimate of drug-likeness (QED) is 0.915. The number of oxazole rings is 1. The molecule has 1 aromatic heterocycles.